The van der Waals surface area contributed by atoms with Gasteiger partial charge in [-0.15, -0.1) is 0 Å². The normalized spacial score (nSPS) is 11.8. The summed E-state index contributed by atoms with van der Waals surface area (Å²) in [5, 5.41) is 3.59. The molecule has 0 saturated carbocycles. The molecule has 1 aromatic rings. The van der Waals surface area contributed by atoms with Gasteiger partial charge in [0, 0.05) is 12.1 Å². The molecule has 1 aromatic carbocycles. The number of hydrogen-bond acceptors (Lipinski definition) is 3. The minimum atomic E-state index is 0.149. The molecule has 3 nitrogen and oxygen atoms in total. The summed E-state index contributed by atoms with van der Waals surface area (Å²) in [5.41, 5.74) is 1.37. The molecule has 0 heterocycles. The van der Waals surface area contributed by atoms with Crippen LogP contribution in [-0.4, -0.2) is 18.8 Å². The highest BCUT2D eigenvalue weighted by Crippen LogP contribution is 2.29. The van der Waals surface area contributed by atoms with Crippen LogP contribution in [0.4, 0.5) is 0 Å². The lowest BCUT2D eigenvalue weighted by atomic mass is 9.98. The van der Waals surface area contributed by atoms with Crippen LogP contribution in [0.1, 0.15) is 53.0 Å². The lowest BCUT2D eigenvalue weighted by Gasteiger charge is -2.26. The first-order valence-electron chi connectivity index (χ1n) is 7.46. The molecule has 0 fully saturated rings. The predicted molar refractivity (Wildman–Crippen MR) is 84.6 cm³/mol. The Morgan fingerprint density at radius 2 is 1.90 bits per heavy atom. The fourth-order valence-corrected chi connectivity index (χ4v) is 2.23. The maximum atomic E-state index is 5.73. The number of benzene rings is 1. The van der Waals surface area contributed by atoms with E-state index < -0.39 is 0 Å². The highest BCUT2D eigenvalue weighted by atomic mass is 16.5. The van der Waals surface area contributed by atoms with Crippen molar-refractivity contribution in [2.24, 2.45) is 0 Å². The minimum absolute atomic E-state index is 0.149. The van der Waals surface area contributed by atoms with Crippen molar-refractivity contribution in [2.45, 2.75) is 65.6 Å². The van der Waals surface area contributed by atoms with E-state index in [1.54, 1.807) is 7.11 Å². The zero-order chi connectivity index (χ0) is 15.2. The Balaban J connectivity index is 2.73. The van der Waals surface area contributed by atoms with Crippen LogP contribution in [0.5, 0.6) is 11.5 Å². The van der Waals surface area contributed by atoms with Crippen molar-refractivity contribution in [3.05, 3.63) is 23.8 Å². The highest BCUT2D eigenvalue weighted by Gasteiger charge is 2.15. The smallest absolute Gasteiger partial charge is 0.161 e. The molecule has 20 heavy (non-hydrogen) atoms. The van der Waals surface area contributed by atoms with E-state index in [2.05, 4.69) is 32.2 Å². The van der Waals surface area contributed by atoms with Gasteiger partial charge in [0.2, 0.25) is 0 Å². The maximum absolute atomic E-state index is 5.73. The third kappa shape index (κ3) is 5.41. The van der Waals surface area contributed by atoms with Crippen molar-refractivity contribution in [3.63, 3.8) is 0 Å². The van der Waals surface area contributed by atoms with Crippen molar-refractivity contribution in [2.75, 3.05) is 7.11 Å². The molecule has 0 amide bonds. The van der Waals surface area contributed by atoms with E-state index in [4.69, 9.17) is 9.47 Å². The van der Waals surface area contributed by atoms with Crippen LogP contribution in [0.3, 0.4) is 0 Å². The maximum Gasteiger partial charge on any atom is 0.161 e. The second-order valence-electron chi connectivity index (χ2n) is 6.14. The lowest BCUT2D eigenvalue weighted by Crippen LogP contribution is -2.38. The molecule has 114 valence electrons. The largest absolute Gasteiger partial charge is 0.493 e. The molecular weight excluding hydrogens is 250 g/mol. The quantitative estimate of drug-likeness (QED) is 0.775. The molecule has 0 spiro atoms. The van der Waals surface area contributed by atoms with Crippen LogP contribution < -0.4 is 14.8 Å². The summed E-state index contributed by atoms with van der Waals surface area (Å²) in [6.07, 6.45) is 2.50. The molecule has 0 radical (unpaired) electrons. The van der Waals surface area contributed by atoms with Gasteiger partial charge in [0.1, 0.15) is 0 Å². The van der Waals surface area contributed by atoms with Crippen molar-refractivity contribution in [1.82, 2.24) is 5.32 Å². The van der Waals surface area contributed by atoms with Gasteiger partial charge in [-0.2, -0.15) is 0 Å². The van der Waals surface area contributed by atoms with E-state index in [1.165, 1.54) is 18.4 Å². The second-order valence-corrected chi connectivity index (χ2v) is 6.14. The fourth-order valence-electron chi connectivity index (χ4n) is 2.23. The number of rotatable bonds is 8. The molecule has 0 atom stereocenters. The van der Waals surface area contributed by atoms with Gasteiger partial charge in [0.15, 0.2) is 11.5 Å². The molecule has 0 aliphatic heterocycles. The van der Waals surface area contributed by atoms with E-state index in [1.807, 2.05) is 26.0 Å². The summed E-state index contributed by atoms with van der Waals surface area (Å²) in [6, 6.07) is 6.13. The Kier molecular flexibility index (Phi) is 6.34. The van der Waals surface area contributed by atoms with Gasteiger partial charge >= 0.3 is 0 Å². The van der Waals surface area contributed by atoms with Gasteiger partial charge in [-0.05, 0) is 51.8 Å². The Morgan fingerprint density at radius 3 is 2.45 bits per heavy atom. The molecule has 0 aliphatic carbocycles. The third-order valence-corrected chi connectivity index (χ3v) is 3.24. The van der Waals surface area contributed by atoms with Crippen LogP contribution in [0.2, 0.25) is 0 Å². The summed E-state index contributed by atoms with van der Waals surface area (Å²) in [6.45, 7) is 11.6. The molecule has 0 aromatic heterocycles. The molecule has 0 aliphatic rings. The molecule has 1 N–H and O–H groups in total. The van der Waals surface area contributed by atoms with Gasteiger partial charge in [-0.3, -0.25) is 0 Å². The predicted octanol–water partition coefficient (Wildman–Crippen LogP) is 4.15. The SMILES string of the molecule is CCCC(C)(C)NCc1ccc(OC(C)C)c(OC)c1. The Bertz CT molecular complexity index is 413. The highest BCUT2D eigenvalue weighted by molar-refractivity contribution is 5.43. The molecule has 3 heteroatoms. The van der Waals surface area contributed by atoms with Crippen molar-refractivity contribution >= 4 is 0 Å². The van der Waals surface area contributed by atoms with Gasteiger partial charge < -0.3 is 14.8 Å². The van der Waals surface area contributed by atoms with Crippen LogP contribution in [-0.2, 0) is 6.54 Å². The van der Waals surface area contributed by atoms with Gasteiger partial charge in [0.25, 0.3) is 0 Å². The second kappa shape index (κ2) is 7.53. The van der Waals surface area contributed by atoms with E-state index in [0.29, 0.717) is 0 Å². The topological polar surface area (TPSA) is 30.5 Å². The van der Waals surface area contributed by atoms with Crippen molar-refractivity contribution < 1.29 is 9.47 Å². The Hall–Kier alpha value is -1.22. The van der Waals surface area contributed by atoms with Crippen molar-refractivity contribution in [1.29, 1.82) is 0 Å². The monoisotopic (exact) mass is 279 g/mol. The molecular formula is C17H29NO2. The van der Waals surface area contributed by atoms with Gasteiger partial charge in [0.05, 0.1) is 13.2 Å². The minimum Gasteiger partial charge on any atom is -0.493 e. The Morgan fingerprint density at radius 1 is 1.20 bits per heavy atom. The first-order valence-corrected chi connectivity index (χ1v) is 7.46. The standard InChI is InChI=1S/C17H29NO2/c1-7-10-17(4,5)18-12-14-8-9-15(20-13(2)3)16(11-14)19-6/h8-9,11,13,18H,7,10,12H2,1-6H3. The van der Waals surface area contributed by atoms with E-state index in [0.717, 1.165) is 18.0 Å². The molecule has 0 unspecified atom stereocenters. The number of hydrogen-bond donors (Lipinski definition) is 1. The third-order valence-electron chi connectivity index (χ3n) is 3.24. The zero-order valence-electron chi connectivity index (χ0n) is 13.7. The first-order chi connectivity index (χ1) is 9.38. The van der Waals surface area contributed by atoms with Gasteiger partial charge in [-0.1, -0.05) is 19.4 Å². The van der Waals surface area contributed by atoms with Gasteiger partial charge in [-0.25, -0.2) is 0 Å². The van der Waals surface area contributed by atoms with E-state index >= 15 is 0 Å². The summed E-state index contributed by atoms with van der Waals surface area (Å²) in [7, 11) is 1.68. The molecule has 0 bridgehead atoms. The van der Waals surface area contributed by atoms with E-state index in [9.17, 15) is 0 Å². The average molecular weight is 279 g/mol. The number of nitrogens with one attached hydrogen (secondary N) is 1. The van der Waals surface area contributed by atoms with E-state index in [-0.39, 0.29) is 11.6 Å². The molecule has 0 saturated heterocycles. The number of methoxy groups -OCH3 is 1. The molecule has 1 rings (SSSR count). The first kappa shape index (κ1) is 16.8. The lowest BCUT2D eigenvalue weighted by molar-refractivity contribution is 0.230. The zero-order valence-corrected chi connectivity index (χ0v) is 13.7. The van der Waals surface area contributed by atoms with Crippen molar-refractivity contribution in [3.8, 4) is 11.5 Å². The average Bonchev–Trinajstić information content (AvgIpc) is 2.37. The fraction of sp³-hybridized carbons (Fsp3) is 0.647. The van der Waals surface area contributed by atoms with Crippen LogP contribution in [0, 0.1) is 0 Å². The van der Waals surface area contributed by atoms with Crippen LogP contribution >= 0.6 is 0 Å². The number of ether oxygens (including phenoxy) is 2. The Labute approximate surface area is 123 Å². The summed E-state index contributed by atoms with van der Waals surface area (Å²) >= 11 is 0. The van der Waals surface area contributed by atoms with Crippen LogP contribution in [0.25, 0.3) is 0 Å². The summed E-state index contributed by atoms with van der Waals surface area (Å²) in [4.78, 5) is 0. The summed E-state index contributed by atoms with van der Waals surface area (Å²) in [5.74, 6) is 1.60. The summed E-state index contributed by atoms with van der Waals surface area (Å²) < 4.78 is 11.1. The van der Waals surface area contributed by atoms with Crippen LogP contribution in [0.15, 0.2) is 18.2 Å².